The van der Waals surface area contributed by atoms with Gasteiger partial charge in [-0.1, -0.05) is 19.3 Å². The van der Waals surface area contributed by atoms with Crippen molar-refractivity contribution >= 4 is 16.2 Å². The number of hydrogen-bond acceptors (Lipinski definition) is 4. The molecule has 0 aliphatic heterocycles. The van der Waals surface area contributed by atoms with Crippen LogP contribution in [0.25, 0.3) is 0 Å². The van der Waals surface area contributed by atoms with Crippen molar-refractivity contribution in [3.63, 3.8) is 0 Å². The summed E-state index contributed by atoms with van der Waals surface area (Å²) in [4.78, 5) is 10.9. The molecule has 0 radical (unpaired) electrons. The predicted octanol–water partition coefficient (Wildman–Crippen LogP) is 0.529. The number of aliphatic carboxylic acids is 1. The molecule has 1 fully saturated rings. The zero-order chi connectivity index (χ0) is 15.2. The molecule has 0 atom stereocenters. The van der Waals surface area contributed by atoms with Crippen molar-refractivity contribution in [2.75, 3.05) is 33.9 Å². The van der Waals surface area contributed by atoms with Crippen LogP contribution in [0.3, 0.4) is 0 Å². The van der Waals surface area contributed by atoms with Crippen molar-refractivity contribution in [2.24, 2.45) is 0 Å². The first-order valence-corrected chi connectivity index (χ1v) is 8.23. The van der Waals surface area contributed by atoms with Gasteiger partial charge in [0.15, 0.2) is 0 Å². The normalized spacial score (nSPS) is 17.8. The molecular weight excluding hydrogens is 284 g/mol. The number of rotatable bonds is 8. The molecule has 0 unspecified atom stereocenters. The molecule has 118 valence electrons. The minimum Gasteiger partial charge on any atom is -0.480 e. The van der Waals surface area contributed by atoms with Crippen LogP contribution >= 0.6 is 0 Å². The Morgan fingerprint density at radius 3 is 2.40 bits per heavy atom. The third-order valence-corrected chi connectivity index (χ3v) is 5.63. The van der Waals surface area contributed by atoms with E-state index in [1.807, 2.05) is 0 Å². The molecule has 0 heterocycles. The van der Waals surface area contributed by atoms with Crippen LogP contribution in [-0.2, 0) is 19.7 Å². The number of carboxylic acid groups (broad SMARTS) is 1. The van der Waals surface area contributed by atoms with Gasteiger partial charge in [-0.3, -0.25) is 4.79 Å². The van der Waals surface area contributed by atoms with E-state index in [1.165, 1.54) is 18.5 Å². The van der Waals surface area contributed by atoms with Gasteiger partial charge in [-0.2, -0.15) is 17.0 Å². The summed E-state index contributed by atoms with van der Waals surface area (Å²) in [7, 11) is -0.773. The maximum absolute atomic E-state index is 12.5. The maximum atomic E-state index is 12.5. The first kappa shape index (κ1) is 17.4. The van der Waals surface area contributed by atoms with Gasteiger partial charge in [0.1, 0.15) is 6.54 Å². The van der Waals surface area contributed by atoms with Gasteiger partial charge in [0.2, 0.25) is 0 Å². The number of hydrogen-bond donors (Lipinski definition) is 1. The average molecular weight is 308 g/mol. The van der Waals surface area contributed by atoms with E-state index in [4.69, 9.17) is 9.84 Å². The minimum absolute atomic E-state index is 0.0346. The van der Waals surface area contributed by atoms with E-state index in [2.05, 4.69) is 0 Å². The van der Waals surface area contributed by atoms with Crippen molar-refractivity contribution < 1.29 is 23.1 Å². The topological polar surface area (TPSA) is 87.1 Å². The molecule has 0 saturated heterocycles. The Kier molecular flexibility index (Phi) is 6.87. The Labute approximate surface area is 120 Å². The fourth-order valence-corrected chi connectivity index (χ4v) is 3.97. The lowest BCUT2D eigenvalue weighted by Crippen LogP contribution is -2.49. The highest BCUT2D eigenvalue weighted by Gasteiger charge is 2.33. The second-order valence-corrected chi connectivity index (χ2v) is 7.02. The van der Waals surface area contributed by atoms with Gasteiger partial charge >= 0.3 is 5.97 Å². The van der Waals surface area contributed by atoms with E-state index in [0.717, 1.165) is 36.4 Å². The third-order valence-electron chi connectivity index (χ3n) is 3.64. The van der Waals surface area contributed by atoms with Crippen LogP contribution in [0.5, 0.6) is 0 Å². The second kappa shape index (κ2) is 7.92. The van der Waals surface area contributed by atoms with E-state index in [9.17, 15) is 13.2 Å². The molecule has 1 aliphatic rings. The summed E-state index contributed by atoms with van der Waals surface area (Å²) < 4.78 is 32.2. The van der Waals surface area contributed by atoms with E-state index >= 15 is 0 Å². The Bertz CT molecular complexity index is 406. The van der Waals surface area contributed by atoms with E-state index in [-0.39, 0.29) is 19.2 Å². The third kappa shape index (κ3) is 4.69. The Morgan fingerprint density at radius 2 is 1.90 bits per heavy atom. The summed E-state index contributed by atoms with van der Waals surface area (Å²) in [6, 6.07) is -0.0346. The monoisotopic (exact) mass is 308 g/mol. The lowest BCUT2D eigenvalue weighted by atomic mass is 9.96. The van der Waals surface area contributed by atoms with Gasteiger partial charge in [0.05, 0.1) is 6.61 Å². The zero-order valence-corrected chi connectivity index (χ0v) is 12.9. The number of methoxy groups -OCH3 is 1. The second-order valence-electron chi connectivity index (χ2n) is 5.04. The lowest BCUT2D eigenvalue weighted by Gasteiger charge is -2.33. The Balaban J connectivity index is 2.80. The maximum Gasteiger partial charge on any atom is 0.318 e. The van der Waals surface area contributed by atoms with Crippen LogP contribution in [0.15, 0.2) is 0 Å². The van der Waals surface area contributed by atoms with Crippen LogP contribution in [0, 0.1) is 0 Å². The highest BCUT2D eigenvalue weighted by Crippen LogP contribution is 2.24. The number of carboxylic acids is 1. The highest BCUT2D eigenvalue weighted by molar-refractivity contribution is 7.86. The molecule has 1 saturated carbocycles. The largest absolute Gasteiger partial charge is 0.480 e. The van der Waals surface area contributed by atoms with Crippen molar-refractivity contribution in [1.82, 2.24) is 8.61 Å². The smallest absolute Gasteiger partial charge is 0.318 e. The molecule has 1 N–H and O–H groups in total. The van der Waals surface area contributed by atoms with Gasteiger partial charge in [-0.25, -0.2) is 0 Å². The quantitative estimate of drug-likeness (QED) is 0.707. The SMILES string of the molecule is COCCN(CC(=O)O)S(=O)(=O)N(C)C1CCCCC1. The van der Waals surface area contributed by atoms with Gasteiger partial charge in [0, 0.05) is 26.7 Å². The molecular formula is C12H24N2O5S. The molecule has 8 heteroatoms. The molecule has 0 aromatic heterocycles. The van der Waals surface area contributed by atoms with E-state index < -0.39 is 22.7 Å². The van der Waals surface area contributed by atoms with Crippen molar-refractivity contribution in [1.29, 1.82) is 0 Å². The summed E-state index contributed by atoms with van der Waals surface area (Å²) in [5, 5.41) is 8.87. The van der Waals surface area contributed by atoms with Gasteiger partial charge in [-0.15, -0.1) is 0 Å². The highest BCUT2D eigenvalue weighted by atomic mass is 32.2. The molecule has 20 heavy (non-hydrogen) atoms. The number of carbonyl (C=O) groups is 1. The molecule has 0 aromatic carbocycles. The van der Waals surface area contributed by atoms with Crippen molar-refractivity contribution in [3.8, 4) is 0 Å². The summed E-state index contributed by atoms with van der Waals surface area (Å²) >= 11 is 0. The van der Waals surface area contributed by atoms with E-state index in [0.29, 0.717) is 0 Å². The van der Waals surface area contributed by atoms with Crippen LogP contribution in [-0.4, -0.2) is 68.0 Å². The molecule has 1 aliphatic carbocycles. The Morgan fingerprint density at radius 1 is 1.30 bits per heavy atom. The summed E-state index contributed by atoms with van der Waals surface area (Å²) in [6.45, 7) is -0.323. The molecule has 0 aromatic rings. The standard InChI is InChI=1S/C12H24N2O5S/c1-13(11-6-4-3-5-7-11)20(17,18)14(8-9-19-2)10-12(15)16/h11H,3-10H2,1-2H3,(H,15,16). The zero-order valence-electron chi connectivity index (χ0n) is 12.1. The first-order valence-electron chi connectivity index (χ1n) is 6.83. The van der Waals surface area contributed by atoms with Crippen molar-refractivity contribution in [3.05, 3.63) is 0 Å². The minimum atomic E-state index is -3.76. The predicted molar refractivity (Wildman–Crippen MR) is 74.6 cm³/mol. The molecule has 0 spiro atoms. The fraction of sp³-hybridized carbons (Fsp3) is 0.917. The first-order chi connectivity index (χ1) is 9.39. The molecule has 1 rings (SSSR count). The average Bonchev–Trinajstić information content (AvgIpc) is 2.43. The number of ether oxygens (including phenoxy) is 1. The molecule has 7 nitrogen and oxygen atoms in total. The molecule has 0 amide bonds. The number of nitrogens with zero attached hydrogens (tertiary/aromatic N) is 2. The van der Waals surface area contributed by atoms with E-state index in [1.54, 1.807) is 0 Å². The lowest BCUT2D eigenvalue weighted by molar-refractivity contribution is -0.137. The van der Waals surface area contributed by atoms with Crippen LogP contribution < -0.4 is 0 Å². The van der Waals surface area contributed by atoms with Crippen LogP contribution in [0.2, 0.25) is 0 Å². The van der Waals surface area contributed by atoms with Gasteiger partial charge in [0.25, 0.3) is 10.2 Å². The summed E-state index contributed by atoms with van der Waals surface area (Å²) in [5.41, 5.74) is 0. The van der Waals surface area contributed by atoms with Crippen molar-refractivity contribution in [2.45, 2.75) is 38.1 Å². The van der Waals surface area contributed by atoms with Crippen LogP contribution in [0.1, 0.15) is 32.1 Å². The van der Waals surface area contributed by atoms with Crippen LogP contribution in [0.4, 0.5) is 0 Å². The Hall–Kier alpha value is -0.700. The van der Waals surface area contributed by atoms with Gasteiger partial charge < -0.3 is 9.84 Å². The van der Waals surface area contributed by atoms with Gasteiger partial charge in [-0.05, 0) is 12.8 Å². The fourth-order valence-electron chi connectivity index (χ4n) is 2.44. The summed E-state index contributed by atoms with van der Waals surface area (Å²) in [5.74, 6) is -1.17. The molecule has 0 bridgehead atoms. The summed E-state index contributed by atoms with van der Waals surface area (Å²) in [6.07, 6.45) is 4.83.